The van der Waals surface area contributed by atoms with E-state index in [1.54, 1.807) is 25.1 Å². The Bertz CT molecular complexity index is 814. The Morgan fingerprint density at radius 2 is 1.76 bits per heavy atom. The number of carbonyl (C=O) groups excluding carboxylic acids is 2. The maximum atomic E-state index is 13.6. The van der Waals surface area contributed by atoms with Crippen LogP contribution in [0.15, 0.2) is 36.4 Å². The molecule has 0 fully saturated rings. The number of anilines is 3. The van der Waals surface area contributed by atoms with Crippen LogP contribution in [0.25, 0.3) is 0 Å². The van der Waals surface area contributed by atoms with Crippen molar-refractivity contribution in [3.8, 4) is 0 Å². The van der Waals surface area contributed by atoms with Crippen LogP contribution in [-0.2, 0) is 9.59 Å². The van der Waals surface area contributed by atoms with Gasteiger partial charge in [-0.25, -0.2) is 8.78 Å². The molecule has 2 amide bonds. The standard InChI is InChI=1S/C17H16ClF2N3O2/c1-9(17(25)23-16-7-11(19)3-5-14(16)20)21-12-4-6-15(13(18)8-12)22-10(2)24/h3-9,21H,1-2H3,(H,22,24)(H,23,25)/t9-/m1/s1. The van der Waals surface area contributed by atoms with Gasteiger partial charge in [0.1, 0.15) is 17.7 Å². The molecule has 2 aromatic carbocycles. The van der Waals surface area contributed by atoms with Crippen LogP contribution in [0.4, 0.5) is 25.8 Å². The minimum Gasteiger partial charge on any atom is -0.374 e. The van der Waals surface area contributed by atoms with Gasteiger partial charge in [-0.3, -0.25) is 9.59 Å². The summed E-state index contributed by atoms with van der Waals surface area (Å²) in [5.41, 5.74) is 0.734. The lowest BCUT2D eigenvalue weighted by atomic mass is 10.2. The number of benzene rings is 2. The van der Waals surface area contributed by atoms with Gasteiger partial charge in [0.15, 0.2) is 0 Å². The van der Waals surface area contributed by atoms with Crippen molar-refractivity contribution in [3.05, 3.63) is 53.1 Å². The van der Waals surface area contributed by atoms with E-state index < -0.39 is 23.6 Å². The Morgan fingerprint density at radius 3 is 2.40 bits per heavy atom. The summed E-state index contributed by atoms with van der Waals surface area (Å²) in [5.74, 6) is -2.19. The maximum absolute atomic E-state index is 13.6. The first kappa shape index (κ1) is 18.7. The van der Waals surface area contributed by atoms with Crippen molar-refractivity contribution >= 4 is 40.5 Å². The Morgan fingerprint density at radius 1 is 1.04 bits per heavy atom. The zero-order valence-corrected chi connectivity index (χ0v) is 14.2. The highest BCUT2D eigenvalue weighted by Gasteiger charge is 2.16. The van der Waals surface area contributed by atoms with Crippen molar-refractivity contribution < 1.29 is 18.4 Å². The summed E-state index contributed by atoms with van der Waals surface area (Å²) in [6.07, 6.45) is 0. The fraction of sp³-hybridized carbons (Fsp3) is 0.176. The average Bonchev–Trinajstić information content (AvgIpc) is 2.53. The lowest BCUT2D eigenvalue weighted by Crippen LogP contribution is -2.32. The first-order chi connectivity index (χ1) is 11.8. The van der Waals surface area contributed by atoms with E-state index in [0.29, 0.717) is 16.4 Å². The molecule has 0 heterocycles. The fourth-order valence-corrected chi connectivity index (χ4v) is 2.27. The lowest BCUT2D eigenvalue weighted by Gasteiger charge is -2.16. The van der Waals surface area contributed by atoms with Gasteiger partial charge in [-0.2, -0.15) is 0 Å². The minimum absolute atomic E-state index is 0.238. The zero-order valence-electron chi connectivity index (χ0n) is 13.5. The highest BCUT2D eigenvalue weighted by Crippen LogP contribution is 2.26. The van der Waals surface area contributed by atoms with Crippen molar-refractivity contribution in [3.63, 3.8) is 0 Å². The molecule has 0 aliphatic heterocycles. The van der Waals surface area contributed by atoms with E-state index in [4.69, 9.17) is 11.6 Å². The maximum Gasteiger partial charge on any atom is 0.246 e. The first-order valence-electron chi connectivity index (χ1n) is 7.36. The number of halogens is 3. The molecule has 132 valence electrons. The second kappa shape index (κ2) is 7.94. The number of nitrogens with one attached hydrogen (secondary N) is 3. The van der Waals surface area contributed by atoms with Gasteiger partial charge in [-0.15, -0.1) is 0 Å². The third kappa shape index (κ3) is 5.15. The number of carbonyl (C=O) groups is 2. The molecule has 2 aromatic rings. The second-order valence-electron chi connectivity index (χ2n) is 5.36. The SMILES string of the molecule is CC(=O)Nc1ccc(N[C@H](C)C(=O)Nc2cc(F)ccc2F)cc1Cl. The average molecular weight is 368 g/mol. The zero-order chi connectivity index (χ0) is 18.6. The Balaban J connectivity index is 2.04. The van der Waals surface area contributed by atoms with E-state index in [2.05, 4.69) is 16.0 Å². The first-order valence-corrected chi connectivity index (χ1v) is 7.73. The predicted octanol–water partition coefficient (Wildman–Crippen LogP) is 4.02. The molecule has 25 heavy (non-hydrogen) atoms. The molecule has 2 rings (SSSR count). The van der Waals surface area contributed by atoms with Gasteiger partial charge in [-0.05, 0) is 37.3 Å². The van der Waals surface area contributed by atoms with Crippen LogP contribution in [-0.4, -0.2) is 17.9 Å². The minimum atomic E-state index is -0.745. The van der Waals surface area contributed by atoms with Gasteiger partial charge >= 0.3 is 0 Å². The summed E-state index contributed by atoms with van der Waals surface area (Å²) < 4.78 is 26.7. The molecule has 1 atom stereocenters. The van der Waals surface area contributed by atoms with Crippen LogP contribution < -0.4 is 16.0 Å². The van der Waals surface area contributed by atoms with Crippen LogP contribution >= 0.6 is 11.6 Å². The molecule has 0 radical (unpaired) electrons. The smallest absolute Gasteiger partial charge is 0.246 e. The number of rotatable bonds is 5. The molecular formula is C17H16ClF2N3O2. The highest BCUT2D eigenvalue weighted by molar-refractivity contribution is 6.34. The van der Waals surface area contributed by atoms with Crippen molar-refractivity contribution in [1.29, 1.82) is 0 Å². The molecule has 0 bridgehead atoms. The third-order valence-electron chi connectivity index (χ3n) is 3.24. The van der Waals surface area contributed by atoms with Gasteiger partial charge in [0, 0.05) is 18.7 Å². The molecule has 3 N–H and O–H groups in total. The monoisotopic (exact) mass is 367 g/mol. The van der Waals surface area contributed by atoms with Gasteiger partial charge in [0.2, 0.25) is 11.8 Å². The van der Waals surface area contributed by atoms with Crippen molar-refractivity contribution in [2.75, 3.05) is 16.0 Å². The normalized spacial score (nSPS) is 11.6. The largest absolute Gasteiger partial charge is 0.374 e. The molecule has 0 aliphatic carbocycles. The molecule has 0 spiro atoms. The summed E-state index contributed by atoms with van der Waals surface area (Å²) in [7, 11) is 0. The van der Waals surface area contributed by atoms with Crippen LogP contribution in [0.1, 0.15) is 13.8 Å². The topological polar surface area (TPSA) is 70.2 Å². The van der Waals surface area contributed by atoms with Crippen LogP contribution in [0.5, 0.6) is 0 Å². The van der Waals surface area contributed by atoms with E-state index in [1.807, 2.05) is 0 Å². The van der Waals surface area contributed by atoms with Gasteiger partial charge in [0.25, 0.3) is 0 Å². The van der Waals surface area contributed by atoms with Crippen molar-refractivity contribution in [1.82, 2.24) is 0 Å². The number of hydrogen-bond donors (Lipinski definition) is 3. The van der Waals surface area contributed by atoms with Gasteiger partial charge < -0.3 is 16.0 Å². The summed E-state index contributed by atoms with van der Waals surface area (Å²) in [6, 6.07) is 6.81. The van der Waals surface area contributed by atoms with Crippen LogP contribution in [0.2, 0.25) is 5.02 Å². The van der Waals surface area contributed by atoms with E-state index >= 15 is 0 Å². The van der Waals surface area contributed by atoms with E-state index in [9.17, 15) is 18.4 Å². The van der Waals surface area contributed by atoms with Crippen LogP contribution in [0.3, 0.4) is 0 Å². The van der Waals surface area contributed by atoms with E-state index in [0.717, 1.165) is 18.2 Å². The Kier molecular flexibility index (Phi) is 5.93. The summed E-state index contributed by atoms with van der Waals surface area (Å²) in [6.45, 7) is 2.92. The van der Waals surface area contributed by atoms with Crippen molar-refractivity contribution in [2.24, 2.45) is 0 Å². The van der Waals surface area contributed by atoms with E-state index in [-0.39, 0.29) is 11.6 Å². The molecule has 8 heteroatoms. The van der Waals surface area contributed by atoms with Crippen molar-refractivity contribution in [2.45, 2.75) is 19.9 Å². The summed E-state index contributed by atoms with van der Waals surface area (Å²) in [5, 5.41) is 8.07. The molecule has 5 nitrogen and oxygen atoms in total. The highest BCUT2D eigenvalue weighted by atomic mass is 35.5. The second-order valence-corrected chi connectivity index (χ2v) is 5.76. The number of hydrogen-bond acceptors (Lipinski definition) is 3. The Labute approximate surface area is 148 Å². The molecular weight excluding hydrogens is 352 g/mol. The van der Waals surface area contributed by atoms with Gasteiger partial charge in [0.05, 0.1) is 16.4 Å². The fourth-order valence-electron chi connectivity index (χ4n) is 2.05. The molecule has 0 unspecified atom stereocenters. The lowest BCUT2D eigenvalue weighted by molar-refractivity contribution is -0.116. The Hall–Kier alpha value is -2.67. The summed E-state index contributed by atoms with van der Waals surface area (Å²) >= 11 is 6.06. The number of amides is 2. The molecule has 0 saturated carbocycles. The molecule has 0 saturated heterocycles. The summed E-state index contributed by atoms with van der Waals surface area (Å²) in [4.78, 5) is 23.2. The van der Waals surface area contributed by atoms with E-state index in [1.165, 1.54) is 6.92 Å². The molecule has 0 aliphatic rings. The third-order valence-corrected chi connectivity index (χ3v) is 3.56. The van der Waals surface area contributed by atoms with Gasteiger partial charge in [-0.1, -0.05) is 11.6 Å². The predicted molar refractivity (Wildman–Crippen MR) is 93.8 cm³/mol. The molecule has 0 aromatic heterocycles. The van der Waals surface area contributed by atoms with Crippen LogP contribution in [0, 0.1) is 11.6 Å². The quantitative estimate of drug-likeness (QED) is 0.747.